The molecule has 0 bridgehead atoms. The van der Waals surface area contributed by atoms with Crippen molar-refractivity contribution in [2.75, 3.05) is 36.0 Å². The summed E-state index contributed by atoms with van der Waals surface area (Å²) in [6.07, 6.45) is -0.384. The van der Waals surface area contributed by atoms with E-state index in [0.717, 1.165) is 23.3 Å². The third-order valence-electron chi connectivity index (χ3n) is 5.50. The molecule has 0 aromatic heterocycles. The summed E-state index contributed by atoms with van der Waals surface area (Å²) < 4.78 is 34.4. The number of hydrogen-bond acceptors (Lipinski definition) is 5. The van der Waals surface area contributed by atoms with Crippen LogP contribution in [0.15, 0.2) is 12.1 Å². The quantitative estimate of drug-likeness (QED) is 0.781. The number of nitrogens with zero attached hydrogens (tertiary/aromatic N) is 2. The molecular weight excluding hydrogens is 360 g/mol. The Kier molecular flexibility index (Phi) is 4.24. The highest BCUT2D eigenvalue weighted by Gasteiger charge is 2.56. The SMILES string of the molecule is CC(=O)NC[C@H]1CN(c2cc(F)c(N3CC4C(C=O)C4C3)c(F)c2)C(=O)O1. The fourth-order valence-corrected chi connectivity index (χ4v) is 4.06. The fourth-order valence-electron chi connectivity index (χ4n) is 4.06. The van der Waals surface area contributed by atoms with Gasteiger partial charge in [0.05, 0.1) is 18.8 Å². The highest BCUT2D eigenvalue weighted by molar-refractivity contribution is 5.90. The van der Waals surface area contributed by atoms with Crippen molar-refractivity contribution >= 4 is 29.7 Å². The molecular formula is C18H19F2N3O4. The molecule has 9 heteroatoms. The predicted octanol–water partition coefficient (Wildman–Crippen LogP) is 1.31. The number of anilines is 2. The van der Waals surface area contributed by atoms with E-state index in [1.807, 2.05) is 0 Å². The monoisotopic (exact) mass is 379 g/mol. The molecule has 3 aliphatic rings. The van der Waals surface area contributed by atoms with Crippen LogP contribution in [0.5, 0.6) is 0 Å². The molecule has 7 nitrogen and oxygen atoms in total. The topological polar surface area (TPSA) is 79.0 Å². The zero-order valence-electron chi connectivity index (χ0n) is 14.7. The maximum absolute atomic E-state index is 14.6. The normalized spacial score (nSPS) is 28.8. The maximum atomic E-state index is 14.6. The van der Waals surface area contributed by atoms with E-state index in [1.54, 1.807) is 4.90 Å². The van der Waals surface area contributed by atoms with Crippen LogP contribution in [0.2, 0.25) is 0 Å². The van der Waals surface area contributed by atoms with Crippen LogP contribution in [0.4, 0.5) is 25.0 Å². The summed E-state index contributed by atoms with van der Waals surface area (Å²) in [6, 6.07) is 2.23. The number of carbonyl (C=O) groups is 3. The third-order valence-corrected chi connectivity index (χ3v) is 5.50. The van der Waals surface area contributed by atoms with Gasteiger partial charge in [0.15, 0.2) is 11.6 Å². The molecule has 1 N–H and O–H groups in total. The lowest BCUT2D eigenvalue weighted by molar-refractivity contribution is -0.119. The molecule has 1 saturated carbocycles. The smallest absolute Gasteiger partial charge is 0.414 e. The van der Waals surface area contributed by atoms with Gasteiger partial charge < -0.3 is 19.7 Å². The zero-order valence-corrected chi connectivity index (χ0v) is 14.7. The number of nitrogens with one attached hydrogen (secondary N) is 1. The summed E-state index contributed by atoms with van der Waals surface area (Å²) in [4.78, 5) is 36.6. The van der Waals surface area contributed by atoms with E-state index in [4.69, 9.17) is 4.74 Å². The van der Waals surface area contributed by atoms with Gasteiger partial charge in [-0.2, -0.15) is 0 Å². The van der Waals surface area contributed by atoms with Crippen molar-refractivity contribution in [2.45, 2.75) is 13.0 Å². The van der Waals surface area contributed by atoms with Crippen molar-refractivity contribution in [1.82, 2.24) is 5.32 Å². The molecule has 144 valence electrons. The standard InChI is InChI=1S/C18H19F2N3O4/c1-9(25)21-4-11-5-23(18(26)27-11)10-2-15(19)17(16(20)3-10)22-6-12-13(7-22)14(12)8-24/h2-3,8,11-14H,4-7H2,1H3,(H,21,25)/t11-,12?,13?,14?/m0/s1. The molecule has 1 aromatic rings. The molecule has 1 aliphatic carbocycles. The largest absolute Gasteiger partial charge is 0.442 e. The number of cyclic esters (lactones) is 1. The molecule has 2 saturated heterocycles. The lowest BCUT2D eigenvalue weighted by atomic mass is 10.2. The number of carbonyl (C=O) groups excluding carboxylic acids is 3. The zero-order chi connectivity index (χ0) is 19.3. The average molecular weight is 379 g/mol. The first-order valence-electron chi connectivity index (χ1n) is 8.81. The number of rotatable bonds is 5. The Morgan fingerprint density at radius 1 is 1.26 bits per heavy atom. The minimum atomic E-state index is -0.757. The number of piperidine rings is 1. The summed E-state index contributed by atoms with van der Waals surface area (Å²) in [5, 5.41) is 2.54. The van der Waals surface area contributed by atoms with Gasteiger partial charge in [-0.05, 0) is 11.8 Å². The van der Waals surface area contributed by atoms with Crippen molar-refractivity contribution in [2.24, 2.45) is 17.8 Å². The first-order valence-corrected chi connectivity index (χ1v) is 8.81. The third kappa shape index (κ3) is 3.11. The van der Waals surface area contributed by atoms with E-state index in [2.05, 4.69) is 5.32 Å². The number of hydrogen-bond donors (Lipinski definition) is 1. The highest BCUT2D eigenvalue weighted by Crippen LogP contribution is 2.52. The van der Waals surface area contributed by atoms with Crippen LogP contribution in [-0.2, 0) is 14.3 Å². The van der Waals surface area contributed by atoms with E-state index in [-0.39, 0.29) is 48.1 Å². The van der Waals surface area contributed by atoms with Crippen LogP contribution in [0.3, 0.4) is 0 Å². The van der Waals surface area contributed by atoms with Gasteiger partial charge in [0.25, 0.3) is 0 Å². The molecule has 27 heavy (non-hydrogen) atoms. The molecule has 0 spiro atoms. The van der Waals surface area contributed by atoms with E-state index >= 15 is 0 Å². The lowest BCUT2D eigenvalue weighted by Crippen LogP contribution is -2.33. The van der Waals surface area contributed by atoms with Crippen LogP contribution in [0.1, 0.15) is 6.92 Å². The van der Waals surface area contributed by atoms with E-state index in [1.165, 1.54) is 6.92 Å². The van der Waals surface area contributed by atoms with Crippen LogP contribution >= 0.6 is 0 Å². The van der Waals surface area contributed by atoms with Gasteiger partial charge in [0, 0.05) is 38.1 Å². The van der Waals surface area contributed by atoms with E-state index in [9.17, 15) is 23.2 Å². The van der Waals surface area contributed by atoms with Gasteiger partial charge in [0.1, 0.15) is 18.1 Å². The molecule has 2 aliphatic heterocycles. The van der Waals surface area contributed by atoms with Crippen LogP contribution in [0.25, 0.3) is 0 Å². The first kappa shape index (κ1) is 17.7. The predicted molar refractivity (Wildman–Crippen MR) is 91.4 cm³/mol. The molecule has 2 unspecified atom stereocenters. The van der Waals surface area contributed by atoms with Crippen molar-refractivity contribution in [3.05, 3.63) is 23.8 Å². The van der Waals surface area contributed by atoms with Crippen LogP contribution in [0, 0.1) is 29.4 Å². The Balaban J connectivity index is 1.48. The molecule has 4 rings (SSSR count). The molecule has 2 amide bonds. The second-order valence-corrected chi connectivity index (χ2v) is 7.26. The van der Waals surface area contributed by atoms with Gasteiger partial charge in [0.2, 0.25) is 5.91 Å². The van der Waals surface area contributed by atoms with Crippen LogP contribution in [-0.4, -0.2) is 50.6 Å². The van der Waals surface area contributed by atoms with Crippen LogP contribution < -0.4 is 15.1 Å². The second kappa shape index (κ2) is 6.47. The molecule has 3 atom stereocenters. The molecule has 0 radical (unpaired) electrons. The lowest BCUT2D eigenvalue weighted by Gasteiger charge is -2.23. The Bertz CT molecular complexity index is 783. The summed E-state index contributed by atoms with van der Waals surface area (Å²) >= 11 is 0. The average Bonchev–Trinajstić information content (AvgIpc) is 2.92. The van der Waals surface area contributed by atoms with Crippen molar-refractivity contribution in [3.8, 4) is 0 Å². The molecule has 3 fully saturated rings. The maximum Gasteiger partial charge on any atom is 0.414 e. The van der Waals surface area contributed by atoms with Crippen molar-refractivity contribution in [1.29, 1.82) is 0 Å². The Hall–Kier alpha value is -2.71. The summed E-state index contributed by atoms with van der Waals surface area (Å²) in [7, 11) is 0. The number of halogens is 2. The molecule has 2 heterocycles. The number of aldehydes is 1. The van der Waals surface area contributed by atoms with E-state index < -0.39 is 23.8 Å². The van der Waals surface area contributed by atoms with Crippen molar-refractivity contribution < 1.29 is 27.9 Å². The summed E-state index contributed by atoms with van der Waals surface area (Å²) in [6.45, 7) is 2.47. The fraction of sp³-hybridized carbons (Fsp3) is 0.500. The van der Waals surface area contributed by atoms with Gasteiger partial charge >= 0.3 is 6.09 Å². The summed E-state index contributed by atoms with van der Waals surface area (Å²) in [5.41, 5.74) is -0.0582. The van der Waals surface area contributed by atoms with E-state index in [0.29, 0.717) is 13.1 Å². The van der Waals surface area contributed by atoms with Gasteiger partial charge in [-0.25, -0.2) is 13.6 Å². The second-order valence-electron chi connectivity index (χ2n) is 7.26. The molecule has 1 aromatic carbocycles. The Labute approximate surface area is 154 Å². The Morgan fingerprint density at radius 2 is 1.89 bits per heavy atom. The minimum absolute atomic E-state index is 0.00608. The van der Waals surface area contributed by atoms with Gasteiger partial charge in [-0.15, -0.1) is 0 Å². The Morgan fingerprint density at radius 3 is 2.44 bits per heavy atom. The first-order chi connectivity index (χ1) is 12.9. The number of benzene rings is 1. The minimum Gasteiger partial charge on any atom is -0.442 e. The number of ether oxygens (including phenoxy) is 1. The summed E-state index contributed by atoms with van der Waals surface area (Å²) in [5.74, 6) is -1.43. The van der Waals surface area contributed by atoms with Crippen molar-refractivity contribution in [3.63, 3.8) is 0 Å². The van der Waals surface area contributed by atoms with Gasteiger partial charge in [-0.3, -0.25) is 9.69 Å². The highest BCUT2D eigenvalue weighted by atomic mass is 19.1. The van der Waals surface area contributed by atoms with Gasteiger partial charge in [-0.1, -0.05) is 0 Å². The number of amides is 2. The number of fused-ring (bicyclic) bond motifs is 1.